The van der Waals surface area contributed by atoms with Gasteiger partial charge in [-0.15, -0.1) is 0 Å². The van der Waals surface area contributed by atoms with E-state index in [9.17, 15) is 0 Å². The Hall–Kier alpha value is -6.64. The fourth-order valence-electron chi connectivity index (χ4n) is 7.63. The fourth-order valence-corrected chi connectivity index (χ4v) is 7.63. The van der Waals surface area contributed by atoms with Crippen LogP contribution < -0.4 is 10.6 Å². The van der Waals surface area contributed by atoms with E-state index in [-0.39, 0.29) is 0 Å². The highest BCUT2D eigenvalue weighted by Gasteiger charge is 2.15. The van der Waals surface area contributed by atoms with Crippen molar-refractivity contribution in [3.63, 3.8) is 0 Å². The number of hydrogen-bond acceptors (Lipinski definition) is 0. The van der Waals surface area contributed by atoms with Gasteiger partial charge in [0.15, 0.2) is 0 Å². The summed E-state index contributed by atoms with van der Waals surface area (Å²) in [5, 5.41) is 6.17. The fraction of sp³-hybridized carbons (Fsp3) is 0.0588. The quantitative estimate of drug-likeness (QED) is 0.134. The van der Waals surface area contributed by atoms with E-state index in [0.29, 0.717) is 0 Å². The third-order valence-electron chi connectivity index (χ3n) is 10.3. The van der Waals surface area contributed by atoms with Gasteiger partial charge in [-0.2, -0.15) is 0 Å². The SMILES string of the molecule is C=C/C=C\C(=C/C)c1cccc(-n2c3c(c4ccccc42)=CCC(c2ccc4c(c2)c2ccccc2n4C(=C)/C=C\C=C(/C)c2ccccc2)=CC=3)c1. The molecule has 8 rings (SSSR count). The molecule has 53 heavy (non-hydrogen) atoms. The molecule has 0 fully saturated rings. The molecule has 0 atom stereocenters. The first-order valence-electron chi connectivity index (χ1n) is 18.3. The number of benzene rings is 5. The molecule has 256 valence electrons. The van der Waals surface area contributed by atoms with Crippen LogP contribution in [0.2, 0.25) is 0 Å². The number of allylic oxidation sites excluding steroid dienone is 12. The maximum absolute atomic E-state index is 4.51. The van der Waals surface area contributed by atoms with Crippen molar-refractivity contribution in [2.45, 2.75) is 20.3 Å². The van der Waals surface area contributed by atoms with Gasteiger partial charge in [-0.3, -0.25) is 0 Å². The van der Waals surface area contributed by atoms with Gasteiger partial charge in [-0.25, -0.2) is 0 Å². The predicted molar refractivity (Wildman–Crippen MR) is 231 cm³/mol. The van der Waals surface area contributed by atoms with Crippen molar-refractivity contribution in [2.24, 2.45) is 0 Å². The zero-order chi connectivity index (χ0) is 36.3. The van der Waals surface area contributed by atoms with Gasteiger partial charge in [-0.05, 0) is 102 Å². The van der Waals surface area contributed by atoms with Crippen molar-refractivity contribution >= 4 is 67.3 Å². The molecule has 0 aliphatic heterocycles. The van der Waals surface area contributed by atoms with Gasteiger partial charge in [0.25, 0.3) is 0 Å². The van der Waals surface area contributed by atoms with Gasteiger partial charge in [0.2, 0.25) is 0 Å². The van der Waals surface area contributed by atoms with Gasteiger partial charge in [-0.1, -0.05) is 147 Å². The van der Waals surface area contributed by atoms with Gasteiger partial charge in [0.1, 0.15) is 0 Å². The molecule has 5 aromatic carbocycles. The second-order valence-electron chi connectivity index (χ2n) is 13.5. The molecule has 0 radical (unpaired) electrons. The normalized spacial score (nSPS) is 13.7. The minimum absolute atomic E-state index is 0.833. The monoisotopic (exact) mass is 682 g/mol. The average Bonchev–Trinajstić information content (AvgIpc) is 3.60. The summed E-state index contributed by atoms with van der Waals surface area (Å²) in [7, 11) is 0. The molecule has 7 aromatic rings. The summed E-state index contributed by atoms with van der Waals surface area (Å²) < 4.78 is 4.68. The van der Waals surface area contributed by atoms with Crippen LogP contribution in [0.4, 0.5) is 0 Å². The van der Waals surface area contributed by atoms with Crippen molar-refractivity contribution in [3.8, 4) is 5.69 Å². The van der Waals surface area contributed by atoms with Crippen LogP contribution >= 0.6 is 0 Å². The maximum Gasteiger partial charge on any atom is 0.0541 e. The third-order valence-corrected chi connectivity index (χ3v) is 10.3. The van der Waals surface area contributed by atoms with E-state index in [2.05, 4.69) is 200 Å². The van der Waals surface area contributed by atoms with Crippen molar-refractivity contribution < 1.29 is 0 Å². The highest BCUT2D eigenvalue weighted by Crippen LogP contribution is 2.35. The van der Waals surface area contributed by atoms with Crippen molar-refractivity contribution in [2.75, 3.05) is 0 Å². The van der Waals surface area contributed by atoms with Gasteiger partial charge in [0.05, 0.1) is 21.9 Å². The zero-order valence-electron chi connectivity index (χ0n) is 30.3. The van der Waals surface area contributed by atoms with E-state index in [0.717, 1.165) is 28.8 Å². The Morgan fingerprint density at radius 1 is 0.679 bits per heavy atom. The Morgan fingerprint density at radius 2 is 1.42 bits per heavy atom. The molecule has 1 aliphatic rings. The smallest absolute Gasteiger partial charge is 0.0541 e. The molecule has 0 N–H and O–H groups in total. The molecule has 2 heterocycles. The Labute approximate surface area is 311 Å². The summed E-state index contributed by atoms with van der Waals surface area (Å²) in [6.07, 6.45) is 22.3. The van der Waals surface area contributed by atoms with Crippen LogP contribution in [-0.4, -0.2) is 9.13 Å². The predicted octanol–water partition coefficient (Wildman–Crippen LogP) is 12.1. The van der Waals surface area contributed by atoms with E-state index in [1.807, 2.05) is 18.2 Å². The number of fused-ring (bicyclic) bond motifs is 6. The molecule has 0 saturated heterocycles. The summed E-state index contributed by atoms with van der Waals surface area (Å²) in [4.78, 5) is 0. The van der Waals surface area contributed by atoms with E-state index >= 15 is 0 Å². The second kappa shape index (κ2) is 14.5. The molecule has 2 aromatic heterocycles. The Kier molecular flexibility index (Phi) is 9.19. The Bertz CT molecular complexity index is 2840. The van der Waals surface area contributed by atoms with E-state index < -0.39 is 0 Å². The Balaban J connectivity index is 1.20. The van der Waals surface area contributed by atoms with Crippen LogP contribution in [-0.2, 0) is 0 Å². The van der Waals surface area contributed by atoms with Crippen molar-refractivity contribution in [3.05, 3.63) is 210 Å². The topological polar surface area (TPSA) is 9.86 Å². The molecular formula is C51H42N2. The van der Waals surface area contributed by atoms with Gasteiger partial charge < -0.3 is 9.13 Å². The number of nitrogens with zero attached hydrogens (tertiary/aromatic N) is 2. The standard InChI is InChI=1S/C51H42N2/c1-5-7-19-38(6-2)41-22-16-23-43(34-41)53-49-27-14-11-24-44(49)46-31-28-40(29-32-50(46)53)42-30-33-51-47(35-42)45-25-12-13-26-48(45)52(51)37(4)18-15-17-36(3)39-20-9-8-10-21-39/h5-27,29-35H,1,4,28H2,2-3H3/b18-15-,19-7-,36-17+,38-6+. The molecule has 0 amide bonds. The highest BCUT2D eigenvalue weighted by molar-refractivity contribution is 6.11. The summed E-state index contributed by atoms with van der Waals surface area (Å²) in [5.74, 6) is 0. The van der Waals surface area contributed by atoms with Crippen LogP contribution in [0.15, 0.2) is 183 Å². The van der Waals surface area contributed by atoms with Crippen LogP contribution in [0.5, 0.6) is 0 Å². The maximum atomic E-state index is 4.51. The minimum Gasteiger partial charge on any atom is -0.310 e. The lowest BCUT2D eigenvalue weighted by atomic mass is 10.00. The Morgan fingerprint density at radius 3 is 2.23 bits per heavy atom. The van der Waals surface area contributed by atoms with Crippen LogP contribution in [0.25, 0.3) is 73.0 Å². The molecule has 0 bridgehead atoms. The second-order valence-corrected chi connectivity index (χ2v) is 13.5. The van der Waals surface area contributed by atoms with Gasteiger partial charge >= 0.3 is 0 Å². The van der Waals surface area contributed by atoms with E-state index in [1.54, 1.807) is 0 Å². The van der Waals surface area contributed by atoms with Crippen LogP contribution in [0, 0.1) is 0 Å². The lowest BCUT2D eigenvalue weighted by Crippen LogP contribution is -2.27. The lowest BCUT2D eigenvalue weighted by molar-refractivity contribution is 1.07. The van der Waals surface area contributed by atoms with Crippen molar-refractivity contribution in [1.29, 1.82) is 0 Å². The summed E-state index contributed by atoms with van der Waals surface area (Å²) in [5.41, 5.74) is 12.9. The number of aromatic nitrogens is 2. The molecule has 0 saturated carbocycles. The summed E-state index contributed by atoms with van der Waals surface area (Å²) >= 11 is 0. The highest BCUT2D eigenvalue weighted by atomic mass is 15.0. The van der Waals surface area contributed by atoms with E-state index in [4.69, 9.17) is 0 Å². The largest absolute Gasteiger partial charge is 0.310 e. The molecule has 0 spiro atoms. The van der Waals surface area contributed by atoms with E-state index in [1.165, 1.54) is 65.7 Å². The molecular weight excluding hydrogens is 641 g/mol. The number of rotatable bonds is 9. The molecule has 1 aliphatic carbocycles. The minimum atomic E-state index is 0.833. The average molecular weight is 683 g/mol. The summed E-state index contributed by atoms with van der Waals surface area (Å²) in [6.45, 7) is 12.6. The molecule has 2 heteroatoms. The third kappa shape index (κ3) is 6.30. The first kappa shape index (κ1) is 33.5. The van der Waals surface area contributed by atoms with Crippen LogP contribution in [0.1, 0.15) is 37.0 Å². The number of para-hydroxylation sites is 2. The summed E-state index contributed by atoms with van der Waals surface area (Å²) in [6, 6.07) is 43.6. The van der Waals surface area contributed by atoms with Crippen LogP contribution in [0.3, 0.4) is 0 Å². The lowest BCUT2D eigenvalue weighted by Gasteiger charge is -2.10. The first-order valence-corrected chi connectivity index (χ1v) is 18.3. The zero-order valence-corrected chi connectivity index (χ0v) is 30.3. The first-order chi connectivity index (χ1) is 26.1. The molecule has 0 unspecified atom stereocenters. The van der Waals surface area contributed by atoms with Crippen molar-refractivity contribution in [1.82, 2.24) is 9.13 Å². The van der Waals surface area contributed by atoms with Gasteiger partial charge in [0, 0.05) is 32.8 Å². The molecule has 2 nitrogen and oxygen atoms in total. The number of hydrogen-bond donors (Lipinski definition) is 0.